The maximum absolute atomic E-state index is 11.0. The minimum Gasteiger partial charge on any atom is -0.383 e. The van der Waals surface area contributed by atoms with Crippen LogP contribution in [0.15, 0.2) is 41.7 Å². The van der Waals surface area contributed by atoms with Crippen LogP contribution >= 0.6 is 0 Å². The summed E-state index contributed by atoms with van der Waals surface area (Å²) in [7, 11) is 0. The summed E-state index contributed by atoms with van der Waals surface area (Å²) in [6, 6.07) is 11.2. The Hall–Kier alpha value is -2.94. The second kappa shape index (κ2) is 5.14. The second-order valence-corrected chi connectivity index (χ2v) is 3.78. The summed E-state index contributed by atoms with van der Waals surface area (Å²) in [4.78, 5) is 18.6. The van der Waals surface area contributed by atoms with Crippen LogP contribution in [0.2, 0.25) is 0 Å². The maximum Gasteiger partial charge on any atom is 0.243 e. The van der Waals surface area contributed by atoms with Crippen molar-refractivity contribution in [2.45, 2.75) is 6.92 Å². The van der Waals surface area contributed by atoms with Crippen molar-refractivity contribution in [1.82, 2.24) is 9.55 Å². The predicted molar refractivity (Wildman–Crippen MR) is 70.8 cm³/mol. The van der Waals surface area contributed by atoms with E-state index < -0.39 is 5.91 Å². The Kier molecular flexibility index (Phi) is 3.39. The number of hydrogen-bond acceptors (Lipinski definition) is 4. The molecule has 0 spiro atoms. The van der Waals surface area contributed by atoms with Gasteiger partial charge in [0.2, 0.25) is 5.91 Å². The number of nitrogen functional groups attached to an aromatic ring is 1. The van der Waals surface area contributed by atoms with Gasteiger partial charge in [-0.25, -0.2) is 9.98 Å². The highest BCUT2D eigenvalue weighted by Crippen LogP contribution is 2.17. The largest absolute Gasteiger partial charge is 0.383 e. The highest BCUT2D eigenvalue weighted by molar-refractivity contribution is 6.16. The molecular weight excluding hydrogens is 242 g/mol. The molecule has 1 aromatic carbocycles. The number of aromatic nitrogens is 2. The molecule has 0 unspecified atom stereocenters. The van der Waals surface area contributed by atoms with Gasteiger partial charge >= 0.3 is 0 Å². The van der Waals surface area contributed by atoms with E-state index in [0.29, 0.717) is 0 Å². The predicted octanol–water partition coefficient (Wildman–Crippen LogP) is 1.31. The number of carbonyl (C=O) groups is 1. The topological polar surface area (TPSA) is 97.1 Å². The van der Waals surface area contributed by atoms with Gasteiger partial charge in [-0.05, 0) is 12.1 Å². The van der Waals surface area contributed by atoms with Gasteiger partial charge < -0.3 is 5.73 Å². The van der Waals surface area contributed by atoms with Gasteiger partial charge in [0.1, 0.15) is 23.9 Å². The molecule has 0 aliphatic rings. The molecule has 0 saturated heterocycles. The zero-order valence-corrected chi connectivity index (χ0v) is 10.2. The van der Waals surface area contributed by atoms with Crippen LogP contribution in [0, 0.1) is 11.3 Å². The zero-order chi connectivity index (χ0) is 13.8. The van der Waals surface area contributed by atoms with E-state index in [4.69, 9.17) is 11.0 Å². The lowest BCUT2D eigenvalue weighted by Crippen LogP contribution is -2.07. The van der Waals surface area contributed by atoms with Crippen molar-refractivity contribution in [3.05, 3.63) is 42.4 Å². The van der Waals surface area contributed by atoms with Crippen LogP contribution in [0.5, 0.6) is 0 Å². The normalized spacial score (nSPS) is 11.1. The number of benzene rings is 1. The molecule has 94 valence electrons. The molecule has 1 amide bonds. The summed E-state index contributed by atoms with van der Waals surface area (Å²) < 4.78 is 1.63. The van der Waals surface area contributed by atoms with Crippen molar-refractivity contribution in [3.8, 4) is 11.8 Å². The summed E-state index contributed by atoms with van der Waals surface area (Å²) in [6.07, 6.45) is 1.49. The van der Waals surface area contributed by atoms with Crippen molar-refractivity contribution in [2.75, 3.05) is 5.73 Å². The lowest BCUT2D eigenvalue weighted by Gasteiger charge is -2.04. The number of hydrogen-bond donors (Lipinski definition) is 1. The number of nitrogens with zero attached hydrogens (tertiary/aromatic N) is 4. The molecule has 0 fully saturated rings. The quantitative estimate of drug-likeness (QED) is 0.816. The number of nitriles is 1. The summed E-state index contributed by atoms with van der Waals surface area (Å²) in [5.41, 5.74) is 6.89. The number of rotatable bonds is 2. The average molecular weight is 253 g/mol. The molecule has 0 aliphatic heterocycles. The molecule has 0 radical (unpaired) electrons. The van der Waals surface area contributed by atoms with Crippen LogP contribution in [0.4, 0.5) is 5.82 Å². The molecular formula is C13H11N5O. The van der Waals surface area contributed by atoms with Gasteiger partial charge in [-0.1, -0.05) is 18.2 Å². The second-order valence-electron chi connectivity index (χ2n) is 3.78. The molecule has 1 heterocycles. The van der Waals surface area contributed by atoms with E-state index in [1.54, 1.807) is 4.57 Å². The summed E-state index contributed by atoms with van der Waals surface area (Å²) in [5.74, 6) is -0.196. The lowest BCUT2D eigenvalue weighted by atomic mass is 10.2. The highest BCUT2D eigenvalue weighted by atomic mass is 16.1. The first-order valence-corrected chi connectivity index (χ1v) is 5.51. The third kappa shape index (κ3) is 2.50. The minimum atomic E-state index is -0.467. The Morgan fingerprint density at radius 3 is 2.68 bits per heavy atom. The van der Waals surface area contributed by atoms with E-state index in [1.807, 2.05) is 36.4 Å². The van der Waals surface area contributed by atoms with Crippen molar-refractivity contribution >= 4 is 17.4 Å². The fraction of sp³-hybridized carbons (Fsp3) is 0.0769. The van der Waals surface area contributed by atoms with Crippen LogP contribution < -0.4 is 5.73 Å². The maximum atomic E-state index is 11.0. The van der Waals surface area contributed by atoms with E-state index >= 15 is 0 Å². The molecule has 0 atom stereocenters. The fourth-order valence-electron chi connectivity index (χ4n) is 1.62. The summed E-state index contributed by atoms with van der Waals surface area (Å²) in [6.45, 7) is 1.27. The first-order valence-electron chi connectivity index (χ1n) is 5.51. The Labute approximate surface area is 109 Å². The molecule has 6 nitrogen and oxygen atoms in total. The van der Waals surface area contributed by atoms with Gasteiger partial charge in [0.05, 0.1) is 0 Å². The fourth-order valence-corrected chi connectivity index (χ4v) is 1.62. The monoisotopic (exact) mass is 253 g/mol. The molecule has 0 saturated carbocycles. The van der Waals surface area contributed by atoms with Crippen molar-refractivity contribution in [2.24, 2.45) is 4.99 Å². The molecule has 19 heavy (non-hydrogen) atoms. The van der Waals surface area contributed by atoms with Crippen LogP contribution in [0.3, 0.4) is 0 Å². The van der Waals surface area contributed by atoms with Gasteiger partial charge in [0, 0.05) is 12.6 Å². The van der Waals surface area contributed by atoms with Gasteiger partial charge in [-0.3, -0.25) is 9.36 Å². The van der Waals surface area contributed by atoms with Crippen molar-refractivity contribution in [1.29, 1.82) is 5.26 Å². The highest BCUT2D eigenvalue weighted by Gasteiger charge is 2.15. The van der Waals surface area contributed by atoms with Gasteiger partial charge in [0.25, 0.3) is 0 Å². The Morgan fingerprint density at radius 1 is 1.42 bits per heavy atom. The summed E-state index contributed by atoms with van der Waals surface area (Å²) >= 11 is 0. The first kappa shape index (κ1) is 12.5. The molecule has 1 aromatic heterocycles. The average Bonchev–Trinajstić information content (AvgIpc) is 2.78. The number of carbonyl (C=O) groups excluding carboxylic acids is 1. The summed E-state index contributed by atoms with van der Waals surface area (Å²) in [5, 5.41) is 8.99. The SMILES string of the molecule is CC(=O)N=C(C#N)c1ncn(-c2ccccc2)c1N. The Bertz CT molecular complexity index is 679. The number of para-hydroxylation sites is 1. The zero-order valence-electron chi connectivity index (χ0n) is 10.2. The molecule has 0 bridgehead atoms. The Morgan fingerprint density at radius 2 is 2.11 bits per heavy atom. The first-order chi connectivity index (χ1) is 9.13. The minimum absolute atomic E-state index is 0.0836. The lowest BCUT2D eigenvalue weighted by molar-refractivity contribution is -0.115. The number of imidazole rings is 1. The number of anilines is 1. The van der Waals surface area contributed by atoms with Gasteiger partial charge in [-0.15, -0.1) is 0 Å². The number of amides is 1. The van der Waals surface area contributed by atoms with E-state index in [9.17, 15) is 4.79 Å². The number of aliphatic imine (C=N–C) groups is 1. The van der Waals surface area contributed by atoms with Crippen LogP contribution in [0.25, 0.3) is 5.69 Å². The van der Waals surface area contributed by atoms with Gasteiger partial charge in [0.15, 0.2) is 5.71 Å². The van der Waals surface area contributed by atoms with E-state index in [2.05, 4.69) is 9.98 Å². The van der Waals surface area contributed by atoms with E-state index in [1.165, 1.54) is 13.3 Å². The number of nitrogens with two attached hydrogens (primary N) is 1. The third-order valence-corrected chi connectivity index (χ3v) is 2.44. The third-order valence-electron chi connectivity index (χ3n) is 2.44. The van der Waals surface area contributed by atoms with Crippen molar-refractivity contribution in [3.63, 3.8) is 0 Å². The van der Waals surface area contributed by atoms with Gasteiger partial charge in [-0.2, -0.15) is 5.26 Å². The molecule has 0 aliphatic carbocycles. The van der Waals surface area contributed by atoms with E-state index in [0.717, 1.165) is 5.69 Å². The molecule has 2 aromatic rings. The smallest absolute Gasteiger partial charge is 0.243 e. The van der Waals surface area contributed by atoms with E-state index in [-0.39, 0.29) is 17.2 Å². The Balaban J connectivity index is 2.50. The van der Waals surface area contributed by atoms with Crippen LogP contribution in [-0.4, -0.2) is 21.2 Å². The van der Waals surface area contributed by atoms with Crippen molar-refractivity contribution < 1.29 is 4.79 Å². The van der Waals surface area contributed by atoms with Crippen LogP contribution in [0.1, 0.15) is 12.6 Å². The molecule has 2 N–H and O–H groups in total. The van der Waals surface area contributed by atoms with Crippen LogP contribution in [-0.2, 0) is 4.79 Å². The molecule has 6 heteroatoms. The standard InChI is InChI=1S/C13H11N5O/c1-9(19)17-11(7-14)12-13(15)18(8-16-12)10-5-3-2-4-6-10/h2-6,8H,15H2,1H3. The molecule has 2 rings (SSSR count).